The van der Waals surface area contributed by atoms with Gasteiger partial charge in [0.1, 0.15) is 0 Å². The predicted molar refractivity (Wildman–Crippen MR) is 71.7 cm³/mol. The Hall–Kier alpha value is -1.56. The van der Waals surface area contributed by atoms with E-state index in [1.807, 2.05) is 13.8 Å². The van der Waals surface area contributed by atoms with Crippen molar-refractivity contribution in [3.05, 3.63) is 35.4 Å². The van der Waals surface area contributed by atoms with Gasteiger partial charge in [-0.1, -0.05) is 12.1 Å². The number of morpholine rings is 1. The number of halogens is 3. The number of carbonyl (C=O) groups is 1. The first-order chi connectivity index (χ1) is 9.75. The number of nitrogens with zero attached hydrogens (tertiary/aromatic N) is 1. The van der Waals surface area contributed by atoms with E-state index in [-0.39, 0.29) is 24.5 Å². The van der Waals surface area contributed by atoms with E-state index in [9.17, 15) is 18.0 Å². The second-order valence-electron chi connectivity index (χ2n) is 5.43. The Bertz CT molecular complexity index is 489. The van der Waals surface area contributed by atoms with Crippen molar-refractivity contribution in [3.8, 4) is 0 Å². The topological polar surface area (TPSA) is 29.5 Å². The van der Waals surface area contributed by atoms with Gasteiger partial charge in [-0.2, -0.15) is 13.2 Å². The number of hydrogen-bond donors (Lipinski definition) is 0. The molecular weight excluding hydrogens is 283 g/mol. The normalized spacial score (nSPS) is 23.2. The van der Waals surface area contributed by atoms with Crippen LogP contribution in [0, 0.1) is 0 Å². The molecule has 0 spiro atoms. The summed E-state index contributed by atoms with van der Waals surface area (Å²) in [6.45, 7) is 4.83. The fraction of sp³-hybridized carbons (Fsp3) is 0.533. The summed E-state index contributed by atoms with van der Waals surface area (Å²) in [5, 5.41) is 0. The Labute approximate surface area is 121 Å². The van der Waals surface area contributed by atoms with Crippen LogP contribution in [0.2, 0.25) is 0 Å². The van der Waals surface area contributed by atoms with Crippen molar-refractivity contribution in [3.63, 3.8) is 0 Å². The van der Waals surface area contributed by atoms with Crippen molar-refractivity contribution in [2.24, 2.45) is 0 Å². The molecule has 3 nitrogen and oxygen atoms in total. The lowest BCUT2D eigenvalue weighted by Gasteiger charge is -2.35. The summed E-state index contributed by atoms with van der Waals surface area (Å²) in [7, 11) is 0. The van der Waals surface area contributed by atoms with Crippen LogP contribution in [0.4, 0.5) is 13.2 Å². The van der Waals surface area contributed by atoms with Gasteiger partial charge in [0.2, 0.25) is 5.91 Å². The van der Waals surface area contributed by atoms with Gasteiger partial charge in [0.05, 0.1) is 24.2 Å². The minimum atomic E-state index is -4.35. The number of benzene rings is 1. The van der Waals surface area contributed by atoms with Gasteiger partial charge in [-0.25, -0.2) is 0 Å². The summed E-state index contributed by atoms with van der Waals surface area (Å²) in [5.41, 5.74) is -0.118. The van der Waals surface area contributed by atoms with Crippen LogP contribution in [0.25, 0.3) is 0 Å². The van der Waals surface area contributed by atoms with Crippen LogP contribution in [0.1, 0.15) is 25.0 Å². The monoisotopic (exact) mass is 301 g/mol. The maximum atomic E-state index is 12.5. The summed E-state index contributed by atoms with van der Waals surface area (Å²) in [6.07, 6.45) is -4.29. The summed E-state index contributed by atoms with van der Waals surface area (Å²) in [4.78, 5) is 13.9. The molecule has 1 fully saturated rings. The zero-order valence-corrected chi connectivity index (χ0v) is 12.0. The summed E-state index contributed by atoms with van der Waals surface area (Å²) >= 11 is 0. The standard InChI is InChI=1S/C15H18F3NO2/c1-10-8-19(9-11(2)21-10)14(20)7-12-3-5-13(6-4-12)15(16,17)18/h3-6,10-11H,7-9H2,1-2H3. The van der Waals surface area contributed by atoms with E-state index in [1.165, 1.54) is 12.1 Å². The third-order valence-electron chi connectivity index (χ3n) is 3.41. The summed E-state index contributed by atoms with van der Waals surface area (Å²) in [6, 6.07) is 4.72. The molecule has 6 heteroatoms. The molecular formula is C15H18F3NO2. The molecule has 1 amide bonds. The van der Waals surface area contributed by atoms with Gasteiger partial charge in [-0.05, 0) is 31.5 Å². The lowest BCUT2D eigenvalue weighted by atomic mass is 10.1. The van der Waals surface area contributed by atoms with Gasteiger partial charge in [-0.3, -0.25) is 4.79 Å². The minimum Gasteiger partial charge on any atom is -0.372 e. The molecule has 1 saturated heterocycles. The third kappa shape index (κ3) is 4.20. The molecule has 2 unspecified atom stereocenters. The predicted octanol–water partition coefficient (Wildman–Crippen LogP) is 2.88. The number of carbonyl (C=O) groups excluding carboxylic acids is 1. The molecule has 0 radical (unpaired) electrons. The van der Waals surface area contributed by atoms with Crippen LogP contribution in [0.15, 0.2) is 24.3 Å². The molecule has 1 heterocycles. The molecule has 2 atom stereocenters. The van der Waals surface area contributed by atoms with E-state index >= 15 is 0 Å². The van der Waals surface area contributed by atoms with E-state index in [0.717, 1.165) is 12.1 Å². The van der Waals surface area contributed by atoms with Crippen LogP contribution in [0.5, 0.6) is 0 Å². The Kier molecular flexibility index (Phi) is 4.56. The highest BCUT2D eigenvalue weighted by Crippen LogP contribution is 2.29. The second-order valence-corrected chi connectivity index (χ2v) is 5.43. The quantitative estimate of drug-likeness (QED) is 0.840. The molecule has 0 bridgehead atoms. The van der Waals surface area contributed by atoms with Crippen molar-refractivity contribution in [2.45, 2.75) is 38.7 Å². The third-order valence-corrected chi connectivity index (χ3v) is 3.41. The van der Waals surface area contributed by atoms with Gasteiger partial charge in [-0.15, -0.1) is 0 Å². The highest BCUT2D eigenvalue weighted by molar-refractivity contribution is 5.79. The number of amides is 1. The largest absolute Gasteiger partial charge is 0.416 e. The molecule has 1 aliphatic rings. The molecule has 1 aromatic carbocycles. The highest BCUT2D eigenvalue weighted by Gasteiger charge is 2.30. The molecule has 0 aromatic heterocycles. The van der Waals surface area contributed by atoms with Gasteiger partial charge < -0.3 is 9.64 Å². The van der Waals surface area contributed by atoms with Crippen LogP contribution >= 0.6 is 0 Å². The van der Waals surface area contributed by atoms with Gasteiger partial charge in [0, 0.05) is 13.1 Å². The number of hydrogen-bond acceptors (Lipinski definition) is 2. The van der Waals surface area contributed by atoms with Crippen LogP contribution < -0.4 is 0 Å². The number of ether oxygens (including phenoxy) is 1. The van der Waals surface area contributed by atoms with Crippen LogP contribution in [0.3, 0.4) is 0 Å². The molecule has 2 rings (SSSR count). The Balaban J connectivity index is 1.99. The molecule has 0 N–H and O–H groups in total. The summed E-state index contributed by atoms with van der Waals surface area (Å²) < 4.78 is 43.0. The van der Waals surface area contributed by atoms with Crippen LogP contribution in [-0.2, 0) is 22.1 Å². The van der Waals surface area contributed by atoms with Crippen LogP contribution in [-0.4, -0.2) is 36.1 Å². The first-order valence-electron chi connectivity index (χ1n) is 6.85. The maximum Gasteiger partial charge on any atom is 0.416 e. The molecule has 1 aliphatic heterocycles. The number of rotatable bonds is 2. The van der Waals surface area contributed by atoms with Gasteiger partial charge in [0.25, 0.3) is 0 Å². The highest BCUT2D eigenvalue weighted by atomic mass is 19.4. The first-order valence-corrected chi connectivity index (χ1v) is 6.85. The average Bonchev–Trinajstić information content (AvgIpc) is 2.37. The Morgan fingerprint density at radius 2 is 1.71 bits per heavy atom. The second kappa shape index (κ2) is 6.05. The van der Waals surface area contributed by atoms with E-state index in [4.69, 9.17) is 4.74 Å². The first kappa shape index (κ1) is 15.8. The van der Waals surface area contributed by atoms with E-state index in [0.29, 0.717) is 18.7 Å². The Morgan fingerprint density at radius 3 is 2.19 bits per heavy atom. The van der Waals surface area contributed by atoms with E-state index in [1.54, 1.807) is 4.90 Å². The van der Waals surface area contributed by atoms with Crippen molar-refractivity contribution in [2.75, 3.05) is 13.1 Å². The molecule has 0 aliphatic carbocycles. The van der Waals surface area contributed by atoms with Crippen molar-refractivity contribution >= 4 is 5.91 Å². The fourth-order valence-corrected chi connectivity index (χ4v) is 2.48. The minimum absolute atomic E-state index is 0.0229. The smallest absolute Gasteiger partial charge is 0.372 e. The SMILES string of the molecule is CC1CN(C(=O)Cc2ccc(C(F)(F)F)cc2)CC(C)O1. The van der Waals surface area contributed by atoms with E-state index < -0.39 is 11.7 Å². The Morgan fingerprint density at radius 1 is 1.19 bits per heavy atom. The van der Waals surface area contributed by atoms with E-state index in [2.05, 4.69) is 0 Å². The van der Waals surface area contributed by atoms with Crippen molar-refractivity contribution < 1.29 is 22.7 Å². The zero-order chi connectivity index (χ0) is 15.6. The molecule has 1 aromatic rings. The molecule has 21 heavy (non-hydrogen) atoms. The van der Waals surface area contributed by atoms with Gasteiger partial charge in [0.15, 0.2) is 0 Å². The lowest BCUT2D eigenvalue weighted by Crippen LogP contribution is -2.48. The lowest BCUT2D eigenvalue weighted by molar-refractivity contribution is -0.142. The zero-order valence-electron chi connectivity index (χ0n) is 12.0. The fourth-order valence-electron chi connectivity index (χ4n) is 2.48. The average molecular weight is 301 g/mol. The molecule has 116 valence electrons. The molecule has 0 saturated carbocycles. The maximum absolute atomic E-state index is 12.5. The summed E-state index contributed by atoms with van der Waals surface area (Å²) in [5.74, 6) is -0.0863. The number of alkyl halides is 3. The van der Waals surface area contributed by atoms with Gasteiger partial charge >= 0.3 is 6.18 Å². The van der Waals surface area contributed by atoms with Crippen molar-refractivity contribution in [1.29, 1.82) is 0 Å². The van der Waals surface area contributed by atoms with Crippen molar-refractivity contribution in [1.82, 2.24) is 4.90 Å².